The van der Waals surface area contributed by atoms with E-state index < -0.39 is 0 Å². The van der Waals surface area contributed by atoms with Gasteiger partial charge < -0.3 is 15.4 Å². The fraction of sp³-hybridized carbons (Fsp3) is 0.727. The van der Waals surface area contributed by atoms with E-state index in [0.717, 1.165) is 12.2 Å². The summed E-state index contributed by atoms with van der Waals surface area (Å²) in [5, 5.41) is 0. The molecule has 1 aromatic heterocycles. The van der Waals surface area contributed by atoms with Gasteiger partial charge in [-0.25, -0.2) is 0 Å². The molecule has 2 rings (SSSR count). The van der Waals surface area contributed by atoms with Crippen LogP contribution in [0.1, 0.15) is 20.3 Å². The number of aromatic nitrogens is 3. The SMILES string of the molecule is CC(C)Oc1nc(N)nc(N(C)C2CCSC2)n1. The maximum Gasteiger partial charge on any atom is 0.323 e. The number of hydrogen-bond acceptors (Lipinski definition) is 7. The van der Waals surface area contributed by atoms with E-state index >= 15 is 0 Å². The summed E-state index contributed by atoms with van der Waals surface area (Å²) >= 11 is 1.95. The van der Waals surface area contributed by atoms with Gasteiger partial charge in [0.05, 0.1) is 6.10 Å². The Morgan fingerprint density at radius 3 is 2.78 bits per heavy atom. The van der Waals surface area contributed by atoms with Crippen molar-refractivity contribution in [1.82, 2.24) is 15.0 Å². The third kappa shape index (κ3) is 3.16. The molecule has 7 heteroatoms. The van der Waals surface area contributed by atoms with Crippen LogP contribution in [0, 0.1) is 0 Å². The summed E-state index contributed by atoms with van der Waals surface area (Å²) in [5.74, 6) is 3.08. The molecule has 0 spiro atoms. The van der Waals surface area contributed by atoms with Crippen LogP contribution in [0.2, 0.25) is 0 Å². The van der Waals surface area contributed by atoms with Gasteiger partial charge in [0, 0.05) is 18.8 Å². The number of nitrogens with two attached hydrogens (primary N) is 1. The minimum atomic E-state index is 0.0204. The number of ether oxygens (including phenoxy) is 1. The Bertz CT molecular complexity index is 408. The van der Waals surface area contributed by atoms with Gasteiger partial charge in [-0.2, -0.15) is 26.7 Å². The van der Waals surface area contributed by atoms with Gasteiger partial charge in [0.25, 0.3) is 0 Å². The van der Waals surface area contributed by atoms with Gasteiger partial charge in [0.2, 0.25) is 11.9 Å². The van der Waals surface area contributed by atoms with Crippen molar-refractivity contribution in [2.45, 2.75) is 32.4 Å². The molecule has 1 saturated heterocycles. The highest BCUT2D eigenvalue weighted by molar-refractivity contribution is 7.99. The number of anilines is 2. The lowest BCUT2D eigenvalue weighted by Gasteiger charge is -2.23. The van der Waals surface area contributed by atoms with Gasteiger partial charge in [0.15, 0.2) is 0 Å². The Hall–Kier alpha value is -1.24. The van der Waals surface area contributed by atoms with Crippen LogP contribution in [0.5, 0.6) is 6.01 Å². The molecule has 1 unspecified atom stereocenters. The van der Waals surface area contributed by atoms with Gasteiger partial charge in [0.1, 0.15) is 0 Å². The first kappa shape index (κ1) is 13.2. The van der Waals surface area contributed by atoms with E-state index in [-0.39, 0.29) is 12.1 Å². The summed E-state index contributed by atoms with van der Waals surface area (Å²) in [7, 11) is 1.99. The Kier molecular flexibility index (Phi) is 4.11. The zero-order valence-electron chi connectivity index (χ0n) is 11.0. The third-order valence-corrected chi connectivity index (χ3v) is 3.88. The van der Waals surface area contributed by atoms with Crippen molar-refractivity contribution in [2.75, 3.05) is 29.2 Å². The second kappa shape index (κ2) is 5.60. The predicted molar refractivity (Wildman–Crippen MR) is 74.1 cm³/mol. The summed E-state index contributed by atoms with van der Waals surface area (Å²) in [4.78, 5) is 14.5. The zero-order valence-corrected chi connectivity index (χ0v) is 11.8. The number of nitrogens with zero attached hydrogens (tertiary/aromatic N) is 4. The number of thioether (sulfide) groups is 1. The molecule has 6 nitrogen and oxygen atoms in total. The molecule has 0 aromatic carbocycles. The molecule has 0 amide bonds. The van der Waals surface area contributed by atoms with E-state index in [2.05, 4.69) is 19.9 Å². The fourth-order valence-electron chi connectivity index (χ4n) is 1.77. The normalized spacial score (nSPS) is 19.2. The molecule has 0 aliphatic carbocycles. The van der Waals surface area contributed by atoms with Crippen LogP contribution in [0.4, 0.5) is 11.9 Å². The zero-order chi connectivity index (χ0) is 13.1. The maximum absolute atomic E-state index is 5.70. The van der Waals surface area contributed by atoms with Gasteiger partial charge in [-0.1, -0.05) is 0 Å². The molecule has 1 aromatic rings. The number of hydrogen-bond donors (Lipinski definition) is 1. The third-order valence-electron chi connectivity index (χ3n) is 2.73. The predicted octanol–water partition coefficient (Wildman–Crippen LogP) is 1.18. The first-order valence-corrected chi connectivity index (χ1v) is 7.20. The maximum atomic E-state index is 5.70. The molecule has 1 atom stereocenters. The van der Waals surface area contributed by atoms with Crippen molar-refractivity contribution in [3.63, 3.8) is 0 Å². The fourth-order valence-corrected chi connectivity index (χ4v) is 3.04. The van der Waals surface area contributed by atoms with E-state index in [1.807, 2.05) is 32.7 Å². The summed E-state index contributed by atoms with van der Waals surface area (Å²) in [6.45, 7) is 3.86. The molecule has 1 fully saturated rings. The second-order valence-corrected chi connectivity index (χ2v) is 5.72. The van der Waals surface area contributed by atoms with Crippen molar-refractivity contribution in [3.05, 3.63) is 0 Å². The van der Waals surface area contributed by atoms with E-state index in [4.69, 9.17) is 10.5 Å². The monoisotopic (exact) mass is 269 g/mol. The summed E-state index contributed by atoms with van der Waals surface area (Å²) in [6.07, 6.45) is 1.17. The Labute approximate surface area is 111 Å². The molecule has 18 heavy (non-hydrogen) atoms. The van der Waals surface area contributed by atoms with Crippen LogP contribution in [0.15, 0.2) is 0 Å². The minimum Gasteiger partial charge on any atom is -0.461 e. The molecule has 2 N–H and O–H groups in total. The first-order chi connectivity index (χ1) is 8.56. The highest BCUT2D eigenvalue weighted by Crippen LogP contribution is 2.24. The van der Waals surface area contributed by atoms with Gasteiger partial charge in [-0.15, -0.1) is 0 Å². The van der Waals surface area contributed by atoms with Crippen molar-refractivity contribution >= 4 is 23.7 Å². The van der Waals surface area contributed by atoms with Crippen molar-refractivity contribution in [2.24, 2.45) is 0 Å². The summed E-state index contributed by atoms with van der Waals surface area (Å²) in [6, 6.07) is 0.758. The van der Waals surface area contributed by atoms with Gasteiger partial charge in [-0.3, -0.25) is 0 Å². The number of nitrogen functional groups attached to an aromatic ring is 1. The van der Waals surface area contributed by atoms with E-state index in [0.29, 0.717) is 18.0 Å². The Morgan fingerprint density at radius 2 is 2.17 bits per heavy atom. The molecule has 1 aliphatic heterocycles. The molecule has 100 valence electrons. The largest absolute Gasteiger partial charge is 0.461 e. The van der Waals surface area contributed by atoms with E-state index in [1.54, 1.807) is 0 Å². The highest BCUT2D eigenvalue weighted by Gasteiger charge is 2.23. The van der Waals surface area contributed by atoms with Gasteiger partial charge >= 0.3 is 6.01 Å². The average molecular weight is 269 g/mol. The summed E-state index contributed by atoms with van der Waals surface area (Å²) < 4.78 is 5.47. The quantitative estimate of drug-likeness (QED) is 0.879. The number of rotatable bonds is 4. The lowest BCUT2D eigenvalue weighted by molar-refractivity contribution is 0.222. The molecule has 1 aliphatic rings. The molecule has 2 heterocycles. The van der Waals surface area contributed by atoms with Crippen molar-refractivity contribution in [1.29, 1.82) is 0 Å². The molecule has 0 saturated carbocycles. The van der Waals surface area contributed by atoms with Crippen LogP contribution in [-0.2, 0) is 0 Å². The van der Waals surface area contributed by atoms with Crippen LogP contribution in [0.25, 0.3) is 0 Å². The van der Waals surface area contributed by atoms with Crippen LogP contribution < -0.4 is 15.4 Å². The van der Waals surface area contributed by atoms with Crippen LogP contribution in [-0.4, -0.2) is 45.7 Å². The highest BCUT2D eigenvalue weighted by atomic mass is 32.2. The van der Waals surface area contributed by atoms with Crippen molar-refractivity contribution < 1.29 is 4.74 Å². The smallest absolute Gasteiger partial charge is 0.323 e. The van der Waals surface area contributed by atoms with Gasteiger partial charge in [-0.05, 0) is 26.0 Å². The molecular weight excluding hydrogens is 250 g/mol. The summed E-state index contributed by atoms with van der Waals surface area (Å²) in [5.41, 5.74) is 5.70. The van der Waals surface area contributed by atoms with Crippen LogP contribution in [0.3, 0.4) is 0 Å². The Balaban J connectivity index is 2.18. The average Bonchev–Trinajstić information content (AvgIpc) is 2.79. The molecule has 0 radical (unpaired) electrons. The van der Waals surface area contributed by atoms with E-state index in [1.165, 1.54) is 5.75 Å². The lowest BCUT2D eigenvalue weighted by Crippen LogP contribution is -2.33. The first-order valence-electron chi connectivity index (χ1n) is 6.05. The Morgan fingerprint density at radius 1 is 1.39 bits per heavy atom. The minimum absolute atomic E-state index is 0.0204. The molecule has 0 bridgehead atoms. The van der Waals surface area contributed by atoms with Crippen LogP contribution >= 0.6 is 11.8 Å². The van der Waals surface area contributed by atoms with Crippen molar-refractivity contribution in [3.8, 4) is 6.01 Å². The standard InChI is InChI=1S/C11H19N5OS/c1-7(2)17-11-14-9(12)13-10(15-11)16(3)8-4-5-18-6-8/h7-8H,4-6H2,1-3H3,(H2,12,13,14,15). The van der Waals surface area contributed by atoms with E-state index in [9.17, 15) is 0 Å². The molecular formula is C11H19N5OS. The lowest BCUT2D eigenvalue weighted by atomic mass is 10.2. The second-order valence-electron chi connectivity index (χ2n) is 4.57. The topological polar surface area (TPSA) is 77.2 Å².